The Kier molecular flexibility index (Phi) is 11.5. The zero-order chi connectivity index (χ0) is 32.7. The molecule has 1 N–H and O–H groups in total. The van der Waals surface area contributed by atoms with Crippen molar-refractivity contribution in [3.05, 3.63) is 81.8 Å². The van der Waals surface area contributed by atoms with Crippen molar-refractivity contribution >= 4 is 43.5 Å². The Balaban J connectivity index is 1.73. The highest BCUT2D eigenvalue weighted by molar-refractivity contribution is 9.10. The highest BCUT2D eigenvalue weighted by atomic mass is 79.9. The van der Waals surface area contributed by atoms with E-state index in [1.54, 1.807) is 19.1 Å². The number of nitrogens with one attached hydrogen (secondary N) is 1. The van der Waals surface area contributed by atoms with Crippen molar-refractivity contribution < 1.29 is 27.5 Å². The van der Waals surface area contributed by atoms with Gasteiger partial charge in [0.15, 0.2) is 11.5 Å². The van der Waals surface area contributed by atoms with Crippen LogP contribution in [0.3, 0.4) is 0 Å². The highest BCUT2D eigenvalue weighted by Gasteiger charge is 2.34. The van der Waals surface area contributed by atoms with E-state index in [1.807, 2.05) is 44.2 Å². The molecule has 0 saturated heterocycles. The Morgan fingerprint density at radius 1 is 0.911 bits per heavy atom. The van der Waals surface area contributed by atoms with Gasteiger partial charge in [0, 0.05) is 23.1 Å². The molecule has 0 aromatic heterocycles. The first-order chi connectivity index (χ1) is 21.4. The van der Waals surface area contributed by atoms with E-state index < -0.39 is 28.5 Å². The fraction of sp³-hybridized carbons (Fsp3) is 0.412. The molecule has 0 unspecified atom stereocenters. The molecule has 0 radical (unpaired) electrons. The summed E-state index contributed by atoms with van der Waals surface area (Å²) in [5, 5.41) is 3.13. The average molecular weight is 701 g/mol. The topological polar surface area (TPSA) is 105 Å². The van der Waals surface area contributed by atoms with E-state index in [0.29, 0.717) is 11.4 Å². The van der Waals surface area contributed by atoms with Crippen molar-refractivity contribution in [2.24, 2.45) is 0 Å². The third-order valence-corrected chi connectivity index (χ3v) is 10.4. The lowest BCUT2D eigenvalue weighted by molar-refractivity contribution is -0.139. The number of anilines is 1. The first-order valence-electron chi connectivity index (χ1n) is 15.1. The maximum atomic E-state index is 14.3. The molecular weight excluding hydrogens is 658 g/mol. The first-order valence-corrected chi connectivity index (χ1v) is 17.3. The van der Waals surface area contributed by atoms with Gasteiger partial charge < -0.3 is 19.7 Å². The lowest BCUT2D eigenvalue weighted by Gasteiger charge is -2.33. The van der Waals surface area contributed by atoms with E-state index >= 15 is 0 Å². The third kappa shape index (κ3) is 8.58. The lowest BCUT2D eigenvalue weighted by atomic mass is 9.95. The van der Waals surface area contributed by atoms with Gasteiger partial charge >= 0.3 is 0 Å². The van der Waals surface area contributed by atoms with Crippen LogP contribution in [-0.4, -0.2) is 58.0 Å². The van der Waals surface area contributed by atoms with E-state index in [-0.39, 0.29) is 29.1 Å². The number of hydrogen-bond donors (Lipinski definition) is 1. The molecule has 3 aromatic carbocycles. The van der Waals surface area contributed by atoms with Crippen LogP contribution in [-0.2, 0) is 26.2 Å². The van der Waals surface area contributed by atoms with Crippen LogP contribution in [0.15, 0.2) is 70.0 Å². The minimum atomic E-state index is -4.28. The molecule has 45 heavy (non-hydrogen) atoms. The van der Waals surface area contributed by atoms with Gasteiger partial charge in [-0.1, -0.05) is 53.4 Å². The van der Waals surface area contributed by atoms with Gasteiger partial charge in [0.2, 0.25) is 11.8 Å². The van der Waals surface area contributed by atoms with E-state index in [0.717, 1.165) is 57.6 Å². The van der Waals surface area contributed by atoms with E-state index in [1.165, 1.54) is 37.3 Å². The van der Waals surface area contributed by atoms with Crippen LogP contribution in [0.25, 0.3) is 0 Å². The number of aryl methyl sites for hydroxylation is 2. The fourth-order valence-corrected chi connectivity index (χ4v) is 7.34. The van der Waals surface area contributed by atoms with E-state index in [2.05, 4.69) is 21.2 Å². The summed E-state index contributed by atoms with van der Waals surface area (Å²) in [5.74, 6) is -0.139. The minimum absolute atomic E-state index is 0.0605. The summed E-state index contributed by atoms with van der Waals surface area (Å²) in [6.07, 6.45) is 5.07. The number of methoxy groups -OCH3 is 2. The summed E-state index contributed by atoms with van der Waals surface area (Å²) < 4.78 is 41.3. The van der Waals surface area contributed by atoms with Gasteiger partial charge in [-0.3, -0.25) is 13.9 Å². The SMILES string of the molecule is COc1ccc(S(=O)(=O)N(CC(=O)N(Cc2ccc(Br)cc2)[C@H](C)C(=O)NC2CCCCC2)c2cc(C)cc(C)c2)cc1OC. The Morgan fingerprint density at radius 2 is 1.53 bits per heavy atom. The summed E-state index contributed by atoms with van der Waals surface area (Å²) >= 11 is 3.45. The van der Waals surface area contributed by atoms with Crippen LogP contribution in [0.2, 0.25) is 0 Å². The van der Waals surface area contributed by atoms with Gasteiger partial charge in [0.05, 0.1) is 24.8 Å². The van der Waals surface area contributed by atoms with E-state index in [4.69, 9.17) is 9.47 Å². The molecule has 11 heteroatoms. The highest BCUT2D eigenvalue weighted by Crippen LogP contribution is 2.33. The van der Waals surface area contributed by atoms with Gasteiger partial charge in [-0.2, -0.15) is 0 Å². The fourth-order valence-electron chi connectivity index (χ4n) is 5.67. The van der Waals surface area contributed by atoms with Crippen molar-refractivity contribution in [1.29, 1.82) is 0 Å². The summed E-state index contributed by atoms with van der Waals surface area (Å²) in [6.45, 7) is 5.05. The predicted octanol–water partition coefficient (Wildman–Crippen LogP) is 6.14. The van der Waals surface area contributed by atoms with Gasteiger partial charge in [-0.25, -0.2) is 8.42 Å². The van der Waals surface area contributed by atoms with Gasteiger partial charge in [0.25, 0.3) is 10.0 Å². The molecule has 4 rings (SSSR count). The summed E-state index contributed by atoms with van der Waals surface area (Å²) in [6, 6.07) is 16.4. The zero-order valence-electron chi connectivity index (χ0n) is 26.5. The molecule has 0 heterocycles. The molecular formula is C34H42BrN3O6S. The average Bonchev–Trinajstić information content (AvgIpc) is 3.02. The number of hydrogen-bond acceptors (Lipinski definition) is 6. The number of halogens is 1. The molecule has 1 fully saturated rings. The monoisotopic (exact) mass is 699 g/mol. The number of carbonyl (C=O) groups is 2. The first kappa shape index (κ1) is 34.3. The molecule has 0 aliphatic heterocycles. The van der Waals surface area contributed by atoms with Gasteiger partial charge in [0.1, 0.15) is 12.6 Å². The third-order valence-electron chi connectivity index (χ3n) is 8.10. The normalized spacial score (nSPS) is 14.4. The molecule has 1 atom stereocenters. The van der Waals surface area contributed by atoms with Gasteiger partial charge in [-0.15, -0.1) is 0 Å². The van der Waals surface area contributed by atoms with Crippen LogP contribution in [0.4, 0.5) is 5.69 Å². The second-order valence-corrected chi connectivity index (χ2v) is 14.3. The second kappa shape index (κ2) is 15.1. The maximum Gasteiger partial charge on any atom is 0.264 e. The van der Waals surface area contributed by atoms with Crippen molar-refractivity contribution in [2.75, 3.05) is 25.1 Å². The Hall–Kier alpha value is -3.57. The number of carbonyl (C=O) groups excluding carboxylic acids is 2. The molecule has 1 aliphatic carbocycles. The molecule has 242 valence electrons. The Labute approximate surface area is 275 Å². The van der Waals surface area contributed by atoms with Gasteiger partial charge in [-0.05, 0) is 86.7 Å². The quantitative estimate of drug-likeness (QED) is 0.243. The number of nitrogens with zero attached hydrogens (tertiary/aromatic N) is 2. The predicted molar refractivity (Wildman–Crippen MR) is 179 cm³/mol. The molecule has 2 amide bonds. The number of benzene rings is 3. The van der Waals surface area contributed by atoms with Crippen molar-refractivity contribution in [2.45, 2.75) is 76.4 Å². The summed E-state index contributed by atoms with van der Waals surface area (Å²) in [4.78, 5) is 29.2. The van der Waals surface area contributed by atoms with Crippen molar-refractivity contribution in [3.8, 4) is 11.5 Å². The molecule has 0 bridgehead atoms. The largest absolute Gasteiger partial charge is 0.493 e. The lowest BCUT2D eigenvalue weighted by Crippen LogP contribution is -2.53. The molecule has 1 saturated carbocycles. The standard InChI is InChI=1S/C34H42BrN3O6S/c1-23-17-24(2)19-29(18-23)38(45(41,42)30-15-16-31(43-4)32(20-30)44-5)22-33(39)37(21-26-11-13-27(35)14-12-26)25(3)34(40)36-28-9-7-6-8-10-28/h11-20,25,28H,6-10,21-22H2,1-5H3,(H,36,40)/t25-/m1/s1. The number of rotatable bonds is 12. The van der Waals surface area contributed by atoms with Crippen LogP contribution < -0.4 is 19.1 Å². The van der Waals surface area contributed by atoms with Crippen LogP contribution in [0, 0.1) is 13.8 Å². The maximum absolute atomic E-state index is 14.3. The molecule has 1 aliphatic rings. The van der Waals surface area contributed by atoms with Crippen LogP contribution >= 0.6 is 15.9 Å². The van der Waals surface area contributed by atoms with Crippen molar-refractivity contribution in [3.63, 3.8) is 0 Å². The zero-order valence-corrected chi connectivity index (χ0v) is 28.9. The second-order valence-electron chi connectivity index (χ2n) is 11.5. The molecule has 9 nitrogen and oxygen atoms in total. The minimum Gasteiger partial charge on any atom is -0.493 e. The number of amides is 2. The Bertz CT molecular complexity index is 1590. The summed E-state index contributed by atoms with van der Waals surface area (Å²) in [5.41, 5.74) is 2.84. The van der Waals surface area contributed by atoms with Crippen molar-refractivity contribution in [1.82, 2.24) is 10.2 Å². The smallest absolute Gasteiger partial charge is 0.264 e. The van der Waals surface area contributed by atoms with Crippen LogP contribution in [0.5, 0.6) is 11.5 Å². The Morgan fingerprint density at radius 3 is 2.13 bits per heavy atom. The van der Waals surface area contributed by atoms with E-state index in [9.17, 15) is 18.0 Å². The van der Waals surface area contributed by atoms with Crippen LogP contribution in [0.1, 0.15) is 55.7 Å². The number of sulfonamides is 1. The molecule has 3 aromatic rings. The molecule has 0 spiro atoms. The summed E-state index contributed by atoms with van der Waals surface area (Å²) in [7, 11) is -1.38. The number of ether oxygens (including phenoxy) is 2.